The van der Waals surface area contributed by atoms with E-state index in [1.807, 2.05) is 0 Å². The fourth-order valence-corrected chi connectivity index (χ4v) is 4.90. The molecule has 10 heteroatoms. The molecule has 0 aliphatic heterocycles. The van der Waals surface area contributed by atoms with E-state index in [9.17, 15) is 22.4 Å². The van der Waals surface area contributed by atoms with Crippen LogP contribution >= 0.6 is 11.6 Å². The van der Waals surface area contributed by atoms with E-state index < -0.39 is 29.1 Å². The van der Waals surface area contributed by atoms with Gasteiger partial charge in [-0.25, -0.2) is 9.18 Å². The summed E-state index contributed by atoms with van der Waals surface area (Å²) >= 11 is 6.04. The predicted octanol–water partition coefficient (Wildman–Crippen LogP) is 5.95. The van der Waals surface area contributed by atoms with Gasteiger partial charge in [0.2, 0.25) is 0 Å². The largest absolute Gasteiger partial charge is 0.416 e. The normalized spacial score (nSPS) is 19.6. The molecule has 4 N–H and O–H groups in total. The van der Waals surface area contributed by atoms with Crippen LogP contribution in [0.3, 0.4) is 0 Å². The Bertz CT molecular complexity index is 1220. The number of pyridine rings is 1. The summed E-state index contributed by atoms with van der Waals surface area (Å²) in [5, 5.41) is 6.03. The number of amides is 2. The number of nitrogens with two attached hydrogens (primary N) is 1. The highest BCUT2D eigenvalue weighted by molar-refractivity contribution is 6.30. The van der Waals surface area contributed by atoms with Crippen molar-refractivity contribution >= 4 is 17.6 Å². The monoisotopic (exact) mass is 534 g/mol. The summed E-state index contributed by atoms with van der Waals surface area (Å²) in [6.45, 7) is 0. The first-order valence-corrected chi connectivity index (χ1v) is 12.3. The Kier molecular flexibility index (Phi) is 8.04. The molecule has 0 saturated heterocycles. The number of alkyl halides is 3. The van der Waals surface area contributed by atoms with Crippen molar-refractivity contribution in [1.29, 1.82) is 0 Å². The number of rotatable bonds is 6. The minimum atomic E-state index is -4.81. The van der Waals surface area contributed by atoms with Gasteiger partial charge in [0.1, 0.15) is 11.4 Å². The first-order chi connectivity index (χ1) is 17.6. The number of carbonyl (C=O) groups excluding carboxylic acids is 1. The quantitative estimate of drug-likeness (QED) is 0.342. The molecule has 4 rings (SSSR count). The fourth-order valence-electron chi connectivity index (χ4n) is 4.79. The van der Waals surface area contributed by atoms with Gasteiger partial charge in [0.25, 0.3) is 0 Å². The minimum absolute atomic E-state index is 0.00658. The molecule has 1 saturated carbocycles. The van der Waals surface area contributed by atoms with E-state index in [1.165, 1.54) is 18.3 Å². The molecule has 3 aromatic rings. The van der Waals surface area contributed by atoms with Gasteiger partial charge in [0, 0.05) is 24.7 Å². The summed E-state index contributed by atoms with van der Waals surface area (Å²) in [5.74, 6) is -1.09. The van der Waals surface area contributed by atoms with Gasteiger partial charge in [0.15, 0.2) is 0 Å². The molecule has 5 nitrogen and oxygen atoms in total. The Labute approximate surface area is 217 Å². The minimum Gasteiger partial charge on any atom is -0.334 e. The second-order valence-electron chi connectivity index (χ2n) is 9.31. The molecule has 0 spiro atoms. The van der Waals surface area contributed by atoms with Crippen LogP contribution in [-0.2, 0) is 18.1 Å². The van der Waals surface area contributed by atoms with Crippen molar-refractivity contribution in [2.45, 2.75) is 55.9 Å². The van der Waals surface area contributed by atoms with E-state index in [1.54, 1.807) is 30.3 Å². The molecular weight excluding hydrogens is 508 g/mol. The van der Waals surface area contributed by atoms with E-state index in [-0.39, 0.29) is 29.8 Å². The van der Waals surface area contributed by atoms with Crippen molar-refractivity contribution in [2.75, 3.05) is 0 Å². The van der Waals surface area contributed by atoms with Gasteiger partial charge in [0.05, 0.1) is 16.3 Å². The molecule has 0 radical (unpaired) electrons. The van der Waals surface area contributed by atoms with E-state index >= 15 is 0 Å². The van der Waals surface area contributed by atoms with Crippen molar-refractivity contribution in [1.82, 2.24) is 15.6 Å². The molecule has 1 aliphatic rings. The zero-order valence-corrected chi connectivity index (χ0v) is 20.6. The number of urea groups is 1. The number of halogens is 5. The molecule has 1 heterocycles. The van der Waals surface area contributed by atoms with Crippen molar-refractivity contribution < 1.29 is 22.4 Å². The maximum absolute atomic E-state index is 14.7. The molecule has 3 atom stereocenters. The number of hydrogen-bond donors (Lipinski definition) is 3. The zero-order valence-electron chi connectivity index (χ0n) is 19.9. The Morgan fingerprint density at radius 1 is 1.03 bits per heavy atom. The van der Waals surface area contributed by atoms with Crippen LogP contribution in [0.5, 0.6) is 0 Å². The summed E-state index contributed by atoms with van der Waals surface area (Å²) in [4.78, 5) is 17.8. The van der Waals surface area contributed by atoms with E-state index in [2.05, 4.69) is 15.6 Å². The highest BCUT2D eigenvalue weighted by Crippen LogP contribution is 2.38. The highest BCUT2D eigenvalue weighted by atomic mass is 35.5. The van der Waals surface area contributed by atoms with Gasteiger partial charge in [-0.1, -0.05) is 54.8 Å². The average Bonchev–Trinajstić information content (AvgIpc) is 2.85. The summed E-state index contributed by atoms with van der Waals surface area (Å²) in [6, 6.07) is 12.9. The third-order valence-electron chi connectivity index (χ3n) is 6.66. The second kappa shape index (κ2) is 11.1. The van der Waals surface area contributed by atoms with Crippen LogP contribution in [0.25, 0.3) is 0 Å². The highest BCUT2D eigenvalue weighted by Gasteiger charge is 2.41. The third-order valence-corrected chi connectivity index (χ3v) is 6.88. The maximum Gasteiger partial charge on any atom is 0.416 e. The van der Waals surface area contributed by atoms with E-state index in [0.29, 0.717) is 23.1 Å². The van der Waals surface area contributed by atoms with Crippen LogP contribution in [-0.4, -0.2) is 23.1 Å². The Balaban J connectivity index is 1.86. The number of carbonyl (C=O) groups is 1. The number of hydrogen-bond acceptors (Lipinski definition) is 3. The van der Waals surface area contributed by atoms with Gasteiger partial charge in [-0.15, -0.1) is 0 Å². The summed E-state index contributed by atoms with van der Waals surface area (Å²) in [7, 11) is 0. The molecule has 1 aliphatic carbocycles. The third kappa shape index (κ3) is 6.40. The molecule has 1 fully saturated rings. The number of nitrogens with zero attached hydrogens (tertiary/aromatic N) is 1. The average molecular weight is 535 g/mol. The van der Waals surface area contributed by atoms with E-state index in [4.69, 9.17) is 17.3 Å². The van der Waals surface area contributed by atoms with Gasteiger partial charge in [-0.2, -0.15) is 13.2 Å². The first-order valence-electron chi connectivity index (χ1n) is 12.0. The maximum atomic E-state index is 14.7. The standard InChI is InChI=1S/C27H27ClF4N4O/c28-20-10-11-24(34-16-20)26(15-17-6-2-1-3-7-17,18-12-19(27(30,31)32)14-21(29)13-18)36-25(37)35-23-9-5-4-8-22(23)33/h1-3,6-7,10-14,16,22-23H,4-5,8-9,15,33H2,(H2,35,36,37)/t22-,23-,26+/m0/s1. The van der Waals surface area contributed by atoms with Crippen LogP contribution in [0.1, 0.15) is 48.1 Å². The molecule has 196 valence electrons. The van der Waals surface area contributed by atoms with Crippen LogP contribution in [0.2, 0.25) is 5.02 Å². The molecule has 2 amide bonds. The number of nitrogens with one attached hydrogen (secondary N) is 2. The first kappa shape index (κ1) is 26.9. The molecule has 37 heavy (non-hydrogen) atoms. The Hall–Kier alpha value is -3.17. The van der Waals surface area contributed by atoms with Crippen molar-refractivity contribution in [3.8, 4) is 0 Å². The lowest BCUT2D eigenvalue weighted by atomic mass is 9.79. The molecule has 0 unspecified atom stereocenters. The summed E-state index contributed by atoms with van der Waals surface area (Å²) in [6.07, 6.45) is -0.206. The van der Waals surface area contributed by atoms with Crippen LogP contribution in [0.15, 0.2) is 66.9 Å². The smallest absolute Gasteiger partial charge is 0.334 e. The van der Waals surface area contributed by atoms with Crippen LogP contribution in [0, 0.1) is 5.82 Å². The van der Waals surface area contributed by atoms with Gasteiger partial charge < -0.3 is 16.4 Å². The molecular formula is C27H27ClF4N4O. The lowest BCUT2D eigenvalue weighted by Crippen LogP contribution is -2.57. The lowest BCUT2D eigenvalue weighted by Gasteiger charge is -2.37. The second-order valence-corrected chi connectivity index (χ2v) is 9.75. The lowest BCUT2D eigenvalue weighted by molar-refractivity contribution is -0.137. The van der Waals surface area contributed by atoms with Crippen LogP contribution in [0.4, 0.5) is 22.4 Å². The van der Waals surface area contributed by atoms with Gasteiger partial charge in [-0.05, 0) is 54.3 Å². The Morgan fingerprint density at radius 2 is 1.73 bits per heavy atom. The molecule has 0 bridgehead atoms. The topological polar surface area (TPSA) is 80.0 Å². The van der Waals surface area contributed by atoms with Gasteiger partial charge in [-0.3, -0.25) is 4.98 Å². The SMILES string of the molecule is N[C@H]1CCCC[C@@H]1NC(=O)N[C@](Cc1ccccc1)(c1cc(F)cc(C(F)(F)F)c1)c1ccc(Cl)cn1. The van der Waals surface area contributed by atoms with Crippen molar-refractivity contribution in [3.05, 3.63) is 100 Å². The predicted molar refractivity (Wildman–Crippen MR) is 133 cm³/mol. The summed E-state index contributed by atoms with van der Waals surface area (Å²) < 4.78 is 55.8. The van der Waals surface area contributed by atoms with Crippen molar-refractivity contribution in [2.24, 2.45) is 5.73 Å². The molecule has 1 aromatic heterocycles. The van der Waals surface area contributed by atoms with Crippen molar-refractivity contribution in [3.63, 3.8) is 0 Å². The van der Waals surface area contributed by atoms with Gasteiger partial charge >= 0.3 is 12.2 Å². The Morgan fingerprint density at radius 3 is 2.38 bits per heavy atom. The van der Waals surface area contributed by atoms with Crippen LogP contribution < -0.4 is 16.4 Å². The van der Waals surface area contributed by atoms with E-state index in [0.717, 1.165) is 31.4 Å². The zero-order chi connectivity index (χ0) is 26.6. The number of benzene rings is 2. The summed E-state index contributed by atoms with van der Waals surface area (Å²) in [5.41, 5.74) is 4.13. The fraction of sp³-hybridized carbons (Fsp3) is 0.333. The number of aromatic nitrogens is 1. The molecule has 2 aromatic carbocycles.